The maximum absolute atomic E-state index is 14.3. The van der Waals surface area contributed by atoms with Gasteiger partial charge in [0.2, 0.25) is 0 Å². The molecular weight excluding hydrogens is 321 g/mol. The van der Waals surface area contributed by atoms with E-state index in [1.165, 1.54) is 62.8 Å². The quantitative estimate of drug-likeness (QED) is 0.407. The van der Waals surface area contributed by atoms with Gasteiger partial charge in [0.1, 0.15) is 9.81 Å². The Hall–Kier alpha value is 0.0800. The van der Waals surface area contributed by atoms with Gasteiger partial charge >= 0.3 is 0 Å². The van der Waals surface area contributed by atoms with E-state index in [0.717, 1.165) is 24.6 Å². The van der Waals surface area contributed by atoms with Gasteiger partial charge in [-0.1, -0.05) is 26.2 Å². The first-order valence-electron chi connectivity index (χ1n) is 6.21. The number of unbranched alkanes of at least 4 members (excludes halogenated alkanes) is 3. The third-order valence-electron chi connectivity index (χ3n) is 3.04. The van der Waals surface area contributed by atoms with Crippen LogP contribution in [-0.2, 0) is 0 Å². The van der Waals surface area contributed by atoms with E-state index in [0.29, 0.717) is 9.81 Å². The maximum Gasteiger partial charge on any atom is 0.161 e. The monoisotopic (exact) mass is 334 g/mol. The van der Waals surface area contributed by atoms with Crippen LogP contribution in [0.1, 0.15) is 32.6 Å². The molecule has 8 heteroatoms. The van der Waals surface area contributed by atoms with Gasteiger partial charge < -0.3 is 4.90 Å². The molecule has 0 amide bonds. The van der Waals surface area contributed by atoms with E-state index in [-0.39, 0.29) is 5.83 Å². The van der Waals surface area contributed by atoms with E-state index in [4.69, 9.17) is 0 Å². The summed E-state index contributed by atoms with van der Waals surface area (Å²) in [6.07, 6.45) is 4.76. The number of halogens is 1. The predicted octanol–water partition coefficient (Wildman–Crippen LogP) is 4.86. The molecule has 1 radical (unpaired) electrons. The molecule has 3 heterocycles. The van der Waals surface area contributed by atoms with Gasteiger partial charge in [-0.3, -0.25) is 0 Å². The number of amidine groups is 1. The van der Waals surface area contributed by atoms with Gasteiger partial charge in [-0.2, -0.15) is 9.12 Å². The fraction of sp³-hybridized carbons (Fsp3) is 0.545. The average Bonchev–Trinajstić information content (AvgIpc) is 3.06. The molecule has 3 aliphatic heterocycles. The smallest absolute Gasteiger partial charge is 0.161 e. The number of fused-ring (bicyclic) bond motifs is 1. The van der Waals surface area contributed by atoms with Crippen molar-refractivity contribution in [1.29, 1.82) is 0 Å². The van der Waals surface area contributed by atoms with Crippen molar-refractivity contribution in [3.8, 4) is 0 Å². The number of hydrogen-bond acceptors (Lipinski definition) is 6. The van der Waals surface area contributed by atoms with Crippen LogP contribution in [0, 0.1) is 0 Å². The third-order valence-corrected chi connectivity index (χ3v) is 6.64. The van der Waals surface area contributed by atoms with Crippen LogP contribution in [0.5, 0.6) is 0 Å². The first kappa shape index (κ1) is 14.0. The Morgan fingerprint density at radius 3 is 2.79 bits per heavy atom. The third kappa shape index (κ3) is 2.64. The van der Waals surface area contributed by atoms with Crippen LogP contribution in [0.3, 0.4) is 0 Å². The van der Waals surface area contributed by atoms with Crippen molar-refractivity contribution in [1.82, 2.24) is 9.62 Å². The predicted molar refractivity (Wildman–Crippen MR) is 85.9 cm³/mol. The van der Waals surface area contributed by atoms with Gasteiger partial charge in [-0.15, -0.1) is 0 Å². The zero-order valence-electron chi connectivity index (χ0n) is 10.4. The molecule has 0 fully saturated rings. The van der Waals surface area contributed by atoms with Crippen molar-refractivity contribution < 1.29 is 4.39 Å². The van der Waals surface area contributed by atoms with Crippen molar-refractivity contribution in [2.75, 3.05) is 6.54 Å². The molecule has 19 heavy (non-hydrogen) atoms. The zero-order chi connectivity index (χ0) is 13.2. The summed E-state index contributed by atoms with van der Waals surface area (Å²) in [5, 5.41) is 0. The first-order valence-corrected chi connectivity index (χ1v) is 10.4. The van der Waals surface area contributed by atoms with E-state index in [9.17, 15) is 4.39 Å². The molecule has 103 valence electrons. The highest BCUT2D eigenvalue weighted by atomic mass is 33.1. The van der Waals surface area contributed by atoms with Crippen LogP contribution in [0.15, 0.2) is 25.9 Å². The lowest BCUT2D eigenvalue weighted by Gasteiger charge is -2.28. The van der Waals surface area contributed by atoms with Gasteiger partial charge in [0, 0.05) is 6.54 Å². The molecule has 0 bridgehead atoms. The van der Waals surface area contributed by atoms with Crippen LogP contribution in [0.25, 0.3) is 0 Å². The Balaban J connectivity index is 1.79. The van der Waals surface area contributed by atoms with E-state index < -0.39 is 0 Å². The van der Waals surface area contributed by atoms with Crippen LogP contribution in [0.4, 0.5) is 4.39 Å². The number of hydrogen-bond donors (Lipinski definition) is 0. The summed E-state index contributed by atoms with van der Waals surface area (Å²) in [4.78, 5) is 3.43. The molecule has 0 spiro atoms. The van der Waals surface area contributed by atoms with E-state index in [2.05, 4.69) is 20.9 Å². The maximum atomic E-state index is 14.3. The minimum Gasteiger partial charge on any atom is -0.308 e. The Kier molecular flexibility index (Phi) is 4.61. The summed E-state index contributed by atoms with van der Waals surface area (Å²) in [7, 11) is 5.52. The SMILES string of the molecule is CCCCCCN1C2=NSSC2=C(F)C2=C1[N]SS2. The molecule has 0 aromatic rings. The van der Waals surface area contributed by atoms with Crippen LogP contribution in [-0.4, -0.2) is 17.3 Å². The molecule has 0 saturated heterocycles. The topological polar surface area (TPSA) is 29.7 Å². The van der Waals surface area contributed by atoms with Crippen molar-refractivity contribution in [3.05, 3.63) is 21.5 Å². The highest BCUT2D eigenvalue weighted by Crippen LogP contribution is 2.54. The van der Waals surface area contributed by atoms with Crippen LogP contribution < -0.4 is 4.72 Å². The van der Waals surface area contributed by atoms with Gasteiger partial charge in [-0.05, 0) is 28.0 Å². The summed E-state index contributed by atoms with van der Waals surface area (Å²) in [6.45, 7) is 3.08. The molecule has 0 aliphatic carbocycles. The zero-order valence-corrected chi connectivity index (χ0v) is 13.7. The fourth-order valence-electron chi connectivity index (χ4n) is 2.06. The number of rotatable bonds is 5. The molecule has 0 atom stereocenters. The van der Waals surface area contributed by atoms with Gasteiger partial charge in [0.05, 0.1) is 22.0 Å². The Bertz CT molecular complexity index is 475. The normalized spacial score (nSPS) is 21.6. The summed E-state index contributed by atoms with van der Waals surface area (Å²) in [6, 6.07) is 0. The molecule has 0 saturated carbocycles. The van der Waals surface area contributed by atoms with Crippen LogP contribution in [0.2, 0.25) is 0 Å². The summed E-state index contributed by atoms with van der Waals surface area (Å²) >= 11 is 0. The van der Waals surface area contributed by atoms with Crippen molar-refractivity contribution in [2.24, 2.45) is 4.40 Å². The Morgan fingerprint density at radius 1 is 1.11 bits per heavy atom. The lowest BCUT2D eigenvalue weighted by Crippen LogP contribution is -2.35. The fourth-order valence-corrected chi connectivity index (χ4v) is 5.78. The molecule has 3 rings (SSSR count). The van der Waals surface area contributed by atoms with E-state index >= 15 is 0 Å². The Morgan fingerprint density at radius 2 is 1.95 bits per heavy atom. The van der Waals surface area contributed by atoms with Gasteiger partial charge in [0.25, 0.3) is 0 Å². The standard InChI is InChI=1S/C11H13FN3S4/c1-2-3-4-5-6-15-10-8(16-18-13-10)7(12)9-11(15)14-19-17-9/h2-6H2,1H3. The van der Waals surface area contributed by atoms with Gasteiger partial charge in [0.15, 0.2) is 17.5 Å². The second kappa shape index (κ2) is 6.24. The highest BCUT2D eigenvalue weighted by Gasteiger charge is 2.39. The van der Waals surface area contributed by atoms with Gasteiger partial charge in [-0.25, -0.2) is 4.39 Å². The number of nitrogens with zero attached hydrogens (tertiary/aromatic N) is 3. The lowest BCUT2D eigenvalue weighted by atomic mass is 10.2. The second-order valence-corrected chi connectivity index (χ2v) is 8.04. The molecule has 0 aromatic carbocycles. The summed E-state index contributed by atoms with van der Waals surface area (Å²) in [5.41, 5.74) is 0. The summed E-state index contributed by atoms with van der Waals surface area (Å²) < 4.78 is 23.0. The van der Waals surface area contributed by atoms with Crippen LogP contribution >= 0.6 is 43.5 Å². The minimum absolute atomic E-state index is 0.146. The second-order valence-electron chi connectivity index (χ2n) is 4.33. The molecule has 3 aliphatic rings. The van der Waals surface area contributed by atoms with Crippen molar-refractivity contribution in [3.63, 3.8) is 0 Å². The van der Waals surface area contributed by atoms with Crippen molar-refractivity contribution in [2.45, 2.75) is 32.6 Å². The molecule has 0 aromatic heterocycles. The highest BCUT2D eigenvalue weighted by molar-refractivity contribution is 8.79. The number of allylic oxidation sites excluding steroid dienone is 1. The van der Waals surface area contributed by atoms with E-state index in [1.807, 2.05) is 0 Å². The molecule has 0 N–H and O–H groups in total. The molecule has 3 nitrogen and oxygen atoms in total. The largest absolute Gasteiger partial charge is 0.308 e. The average molecular weight is 335 g/mol. The van der Waals surface area contributed by atoms with Crippen molar-refractivity contribution >= 4 is 49.4 Å². The first-order chi connectivity index (χ1) is 9.33. The lowest BCUT2D eigenvalue weighted by molar-refractivity contribution is 0.457. The molecular formula is C11H13FN3S4. The Labute approximate surface area is 128 Å². The van der Waals surface area contributed by atoms with E-state index in [1.54, 1.807) is 0 Å². The minimum atomic E-state index is -0.146. The summed E-state index contributed by atoms with van der Waals surface area (Å²) in [5.74, 6) is 1.37. The molecule has 0 unspecified atom stereocenters.